The van der Waals surface area contributed by atoms with Crippen LogP contribution in [-0.2, 0) is 16.1 Å². The Morgan fingerprint density at radius 2 is 1.97 bits per heavy atom. The van der Waals surface area contributed by atoms with Gasteiger partial charge >= 0.3 is 0 Å². The lowest BCUT2D eigenvalue weighted by Crippen LogP contribution is -2.48. The predicted molar refractivity (Wildman–Crippen MR) is 128 cm³/mol. The van der Waals surface area contributed by atoms with Crippen LogP contribution in [0.3, 0.4) is 0 Å². The van der Waals surface area contributed by atoms with Crippen molar-refractivity contribution in [2.45, 2.75) is 89.9 Å². The van der Waals surface area contributed by atoms with Gasteiger partial charge in [0, 0.05) is 31.6 Å². The standard InChI is InChI=1S/C26H39N3O4/c1-4-14-28(15-5-2)22-9-6-7-11-24(22)33-20-12-13-21-19(17-20)18-29(26(21)32)23(10-8-16-30)25(31)27-3/h12-13,16-17,22-24H,4-11,14-15,18H2,1-3H3,(H,27,31). The summed E-state index contributed by atoms with van der Waals surface area (Å²) >= 11 is 0. The van der Waals surface area contributed by atoms with Gasteiger partial charge in [-0.15, -0.1) is 0 Å². The van der Waals surface area contributed by atoms with Crippen molar-refractivity contribution in [2.75, 3.05) is 20.1 Å². The molecule has 0 saturated heterocycles. The zero-order chi connectivity index (χ0) is 23.8. The molecule has 0 bridgehead atoms. The first-order valence-corrected chi connectivity index (χ1v) is 12.5. The lowest BCUT2D eigenvalue weighted by Gasteiger charge is -2.39. The van der Waals surface area contributed by atoms with Gasteiger partial charge in [0.1, 0.15) is 24.2 Å². The Morgan fingerprint density at radius 3 is 2.64 bits per heavy atom. The SMILES string of the molecule is CCCN(CCC)C1CCCCC1Oc1ccc2c(c1)CN(C(CCC=O)C(=O)NC)C2=O. The number of amides is 2. The second-order valence-corrected chi connectivity index (χ2v) is 9.17. The van der Waals surface area contributed by atoms with Crippen LogP contribution >= 0.6 is 0 Å². The number of nitrogens with one attached hydrogen (secondary N) is 1. The minimum absolute atomic E-state index is 0.148. The lowest BCUT2D eigenvalue weighted by molar-refractivity contribution is -0.125. The van der Waals surface area contributed by atoms with Crippen molar-refractivity contribution < 1.29 is 19.1 Å². The first-order valence-electron chi connectivity index (χ1n) is 12.5. The van der Waals surface area contributed by atoms with Gasteiger partial charge in [0.05, 0.1) is 0 Å². The van der Waals surface area contributed by atoms with E-state index in [0.29, 0.717) is 24.6 Å². The molecule has 0 aromatic heterocycles. The average Bonchev–Trinajstić information content (AvgIpc) is 3.15. The minimum atomic E-state index is -0.649. The summed E-state index contributed by atoms with van der Waals surface area (Å²) in [4.78, 5) is 40.4. The Labute approximate surface area is 197 Å². The summed E-state index contributed by atoms with van der Waals surface area (Å²) in [5.41, 5.74) is 1.49. The van der Waals surface area contributed by atoms with Crippen LogP contribution in [0.5, 0.6) is 5.75 Å². The fraction of sp³-hybridized carbons (Fsp3) is 0.654. The maximum Gasteiger partial charge on any atom is 0.255 e. The van der Waals surface area contributed by atoms with E-state index in [-0.39, 0.29) is 24.3 Å². The van der Waals surface area contributed by atoms with E-state index in [1.807, 2.05) is 18.2 Å². The van der Waals surface area contributed by atoms with Crippen LogP contribution in [0.4, 0.5) is 0 Å². The molecule has 1 saturated carbocycles. The van der Waals surface area contributed by atoms with E-state index < -0.39 is 6.04 Å². The number of benzene rings is 1. The van der Waals surface area contributed by atoms with E-state index in [9.17, 15) is 14.4 Å². The van der Waals surface area contributed by atoms with Gasteiger partial charge in [0.2, 0.25) is 5.91 Å². The number of ether oxygens (including phenoxy) is 1. The van der Waals surface area contributed by atoms with E-state index in [4.69, 9.17) is 4.74 Å². The van der Waals surface area contributed by atoms with Crippen molar-refractivity contribution >= 4 is 18.1 Å². The maximum atomic E-state index is 13.0. The predicted octanol–water partition coefficient (Wildman–Crippen LogP) is 3.55. The molecule has 1 heterocycles. The minimum Gasteiger partial charge on any atom is -0.489 e. The van der Waals surface area contributed by atoms with Crippen LogP contribution in [0.15, 0.2) is 18.2 Å². The zero-order valence-electron chi connectivity index (χ0n) is 20.3. The van der Waals surface area contributed by atoms with E-state index in [1.165, 1.54) is 12.8 Å². The summed E-state index contributed by atoms with van der Waals surface area (Å²) < 4.78 is 6.53. The van der Waals surface area contributed by atoms with Gasteiger partial charge in [-0.1, -0.05) is 20.3 Å². The molecule has 1 aliphatic heterocycles. The topological polar surface area (TPSA) is 79.0 Å². The number of hydrogen-bond acceptors (Lipinski definition) is 5. The fourth-order valence-electron chi connectivity index (χ4n) is 5.29. The Balaban J connectivity index is 1.75. The number of hydrogen-bond donors (Lipinski definition) is 1. The summed E-state index contributed by atoms with van der Waals surface area (Å²) in [6, 6.07) is 5.44. The molecule has 33 heavy (non-hydrogen) atoms. The second-order valence-electron chi connectivity index (χ2n) is 9.17. The van der Waals surface area contributed by atoms with Crippen LogP contribution in [0.25, 0.3) is 0 Å². The Kier molecular flexibility index (Phi) is 9.30. The first-order chi connectivity index (χ1) is 16.0. The molecule has 1 aromatic rings. The van der Waals surface area contributed by atoms with Gasteiger partial charge < -0.3 is 19.7 Å². The Bertz CT molecular complexity index is 822. The van der Waals surface area contributed by atoms with E-state index >= 15 is 0 Å². The molecule has 2 amide bonds. The number of fused-ring (bicyclic) bond motifs is 1. The maximum absolute atomic E-state index is 13.0. The van der Waals surface area contributed by atoms with E-state index in [1.54, 1.807) is 11.9 Å². The highest BCUT2D eigenvalue weighted by Crippen LogP contribution is 2.32. The van der Waals surface area contributed by atoms with Gasteiger partial charge in [-0.05, 0) is 75.4 Å². The summed E-state index contributed by atoms with van der Waals surface area (Å²) in [6.07, 6.45) is 8.38. The third-order valence-corrected chi connectivity index (χ3v) is 6.84. The van der Waals surface area contributed by atoms with Crippen LogP contribution in [-0.4, -0.2) is 66.2 Å². The van der Waals surface area contributed by atoms with Crippen molar-refractivity contribution in [1.29, 1.82) is 0 Å². The number of likely N-dealkylation sites (N-methyl/N-ethyl adjacent to an activating group) is 1. The molecule has 3 unspecified atom stereocenters. The smallest absolute Gasteiger partial charge is 0.255 e. The van der Waals surface area contributed by atoms with Crippen LogP contribution in [0, 0.1) is 0 Å². The molecule has 7 nitrogen and oxygen atoms in total. The van der Waals surface area contributed by atoms with Crippen molar-refractivity contribution in [3.8, 4) is 5.75 Å². The van der Waals surface area contributed by atoms with Crippen LogP contribution in [0.1, 0.15) is 81.1 Å². The van der Waals surface area contributed by atoms with E-state index in [2.05, 4.69) is 24.1 Å². The molecule has 7 heteroatoms. The summed E-state index contributed by atoms with van der Waals surface area (Å²) in [5, 5.41) is 2.62. The molecule has 3 atom stereocenters. The number of rotatable bonds is 12. The number of carbonyl (C=O) groups is 3. The lowest BCUT2D eigenvalue weighted by atomic mass is 9.90. The summed E-state index contributed by atoms with van der Waals surface area (Å²) in [6.45, 7) is 6.99. The van der Waals surface area contributed by atoms with Gasteiger partial charge in [-0.3, -0.25) is 14.5 Å². The van der Waals surface area contributed by atoms with Gasteiger partial charge in [-0.2, -0.15) is 0 Å². The Morgan fingerprint density at radius 1 is 1.24 bits per heavy atom. The third-order valence-electron chi connectivity index (χ3n) is 6.84. The van der Waals surface area contributed by atoms with Gasteiger partial charge in [0.25, 0.3) is 5.91 Å². The molecule has 1 N–H and O–H groups in total. The van der Waals surface area contributed by atoms with Crippen LogP contribution in [0.2, 0.25) is 0 Å². The average molecular weight is 458 g/mol. The first kappa shape index (κ1) is 25.2. The third kappa shape index (κ3) is 5.94. The molecule has 182 valence electrons. The summed E-state index contributed by atoms with van der Waals surface area (Å²) in [7, 11) is 1.55. The highest BCUT2D eigenvalue weighted by Gasteiger charge is 2.36. The Hall–Kier alpha value is -2.41. The number of aldehydes is 1. The highest BCUT2D eigenvalue weighted by molar-refractivity contribution is 6.01. The molecule has 3 rings (SSSR count). The molecular formula is C26H39N3O4. The van der Waals surface area contributed by atoms with Crippen molar-refractivity contribution in [2.24, 2.45) is 0 Å². The molecule has 0 radical (unpaired) electrons. The van der Waals surface area contributed by atoms with Gasteiger partial charge in [-0.25, -0.2) is 0 Å². The van der Waals surface area contributed by atoms with Crippen LogP contribution < -0.4 is 10.1 Å². The van der Waals surface area contributed by atoms with E-state index in [0.717, 1.165) is 56.4 Å². The van der Waals surface area contributed by atoms with Crippen molar-refractivity contribution in [3.05, 3.63) is 29.3 Å². The molecule has 2 aliphatic rings. The zero-order valence-corrected chi connectivity index (χ0v) is 20.3. The second kappa shape index (κ2) is 12.2. The molecule has 1 fully saturated rings. The monoisotopic (exact) mass is 457 g/mol. The van der Waals surface area contributed by atoms with Crippen molar-refractivity contribution in [1.82, 2.24) is 15.1 Å². The molecular weight excluding hydrogens is 418 g/mol. The largest absolute Gasteiger partial charge is 0.489 e. The van der Waals surface area contributed by atoms with Crippen molar-refractivity contribution in [3.63, 3.8) is 0 Å². The normalized spacial score (nSPS) is 21.1. The number of carbonyl (C=O) groups excluding carboxylic acids is 3. The van der Waals surface area contributed by atoms with Gasteiger partial charge in [0.15, 0.2) is 0 Å². The molecule has 0 spiro atoms. The molecule has 1 aromatic carbocycles. The molecule has 1 aliphatic carbocycles. The quantitative estimate of drug-likeness (QED) is 0.486. The number of nitrogens with zero attached hydrogens (tertiary/aromatic N) is 2. The fourth-order valence-corrected chi connectivity index (χ4v) is 5.29. The summed E-state index contributed by atoms with van der Waals surface area (Å²) in [5.74, 6) is 0.382. The highest BCUT2D eigenvalue weighted by atomic mass is 16.5.